The first-order valence-electron chi connectivity index (χ1n) is 8.49. The Morgan fingerprint density at radius 1 is 0.962 bits per heavy atom. The highest BCUT2D eigenvalue weighted by atomic mass is 19.4. The summed E-state index contributed by atoms with van der Waals surface area (Å²) in [6.45, 7) is 1.84. The van der Waals surface area contributed by atoms with Gasteiger partial charge in [-0.25, -0.2) is 9.97 Å². The Balaban J connectivity index is 1.64. The van der Waals surface area contributed by atoms with E-state index in [0.29, 0.717) is 0 Å². The minimum Gasteiger partial charge on any atom is -0.355 e. The van der Waals surface area contributed by atoms with E-state index in [1.807, 2.05) is 0 Å². The van der Waals surface area contributed by atoms with E-state index in [9.17, 15) is 18.0 Å². The normalized spacial score (nSPS) is 15.4. The second kappa shape index (κ2) is 7.72. The molecule has 1 N–H and O–H groups in total. The van der Waals surface area contributed by atoms with Crippen molar-refractivity contribution < 1.29 is 18.0 Å². The van der Waals surface area contributed by atoms with Crippen molar-refractivity contribution in [3.8, 4) is 0 Å². The fourth-order valence-corrected chi connectivity index (χ4v) is 2.84. The lowest BCUT2D eigenvalue weighted by Gasteiger charge is -2.20. The average molecular weight is 364 g/mol. The van der Waals surface area contributed by atoms with Gasteiger partial charge in [0, 0.05) is 18.8 Å². The van der Waals surface area contributed by atoms with Crippen LogP contribution < -0.4 is 10.2 Å². The highest BCUT2D eigenvalue weighted by Gasteiger charge is 2.30. The highest BCUT2D eigenvalue weighted by molar-refractivity contribution is 6.02. The molecule has 0 unspecified atom stereocenters. The summed E-state index contributed by atoms with van der Waals surface area (Å²) in [7, 11) is 0. The Labute approximate surface area is 149 Å². The molecule has 1 fully saturated rings. The van der Waals surface area contributed by atoms with E-state index < -0.39 is 17.6 Å². The molecule has 0 bridgehead atoms. The first-order valence-corrected chi connectivity index (χ1v) is 8.49. The van der Waals surface area contributed by atoms with Gasteiger partial charge >= 0.3 is 6.18 Å². The zero-order valence-corrected chi connectivity index (χ0v) is 14.1. The Bertz CT molecular complexity index is 737. The van der Waals surface area contributed by atoms with Crippen LogP contribution in [0.5, 0.6) is 0 Å². The number of alkyl halides is 3. The zero-order chi connectivity index (χ0) is 18.6. The van der Waals surface area contributed by atoms with E-state index in [1.165, 1.54) is 31.2 Å². The van der Waals surface area contributed by atoms with Crippen LogP contribution in [0.2, 0.25) is 0 Å². The number of carbonyl (C=O) groups excluding carboxylic acids is 1. The Morgan fingerprint density at radius 2 is 1.62 bits per heavy atom. The van der Waals surface area contributed by atoms with E-state index in [0.717, 1.165) is 43.9 Å². The molecule has 0 atom stereocenters. The van der Waals surface area contributed by atoms with Gasteiger partial charge in [0.2, 0.25) is 0 Å². The summed E-state index contributed by atoms with van der Waals surface area (Å²) >= 11 is 0. The van der Waals surface area contributed by atoms with Crippen molar-refractivity contribution in [2.24, 2.45) is 0 Å². The van der Waals surface area contributed by atoms with Crippen molar-refractivity contribution in [2.45, 2.75) is 31.9 Å². The molecule has 5 nitrogen and oxygen atoms in total. The molecule has 2 aromatic rings. The average Bonchev–Trinajstić information content (AvgIpc) is 2.91. The fraction of sp³-hybridized carbons (Fsp3) is 0.389. The maximum Gasteiger partial charge on any atom is 0.416 e. The molecule has 138 valence electrons. The number of benzene rings is 1. The molecule has 1 aromatic heterocycles. The van der Waals surface area contributed by atoms with Gasteiger partial charge in [-0.1, -0.05) is 12.8 Å². The van der Waals surface area contributed by atoms with E-state index >= 15 is 0 Å². The van der Waals surface area contributed by atoms with Crippen LogP contribution in [-0.2, 0) is 6.18 Å². The predicted octanol–water partition coefficient (Wildman–Crippen LogP) is 4.13. The number of hydrogen-bond donors (Lipinski definition) is 1. The third-order valence-electron chi connectivity index (χ3n) is 4.27. The molecule has 0 spiro atoms. The molecule has 0 aliphatic carbocycles. The fourth-order valence-electron chi connectivity index (χ4n) is 2.84. The highest BCUT2D eigenvalue weighted by Crippen LogP contribution is 2.29. The molecule has 2 heterocycles. The van der Waals surface area contributed by atoms with E-state index in [-0.39, 0.29) is 11.4 Å². The zero-order valence-electron chi connectivity index (χ0n) is 14.1. The number of carbonyl (C=O) groups is 1. The monoisotopic (exact) mass is 364 g/mol. The van der Waals surface area contributed by atoms with Crippen molar-refractivity contribution in [3.05, 3.63) is 47.9 Å². The summed E-state index contributed by atoms with van der Waals surface area (Å²) in [4.78, 5) is 22.8. The number of anilines is 2. The summed E-state index contributed by atoms with van der Waals surface area (Å²) in [6, 6.07) is 4.26. The second-order valence-electron chi connectivity index (χ2n) is 6.19. The molecule has 3 rings (SSSR count). The third kappa shape index (κ3) is 4.50. The molecule has 1 aliphatic rings. The summed E-state index contributed by atoms with van der Waals surface area (Å²) in [5.41, 5.74) is -0.387. The summed E-state index contributed by atoms with van der Waals surface area (Å²) < 4.78 is 37.7. The third-order valence-corrected chi connectivity index (χ3v) is 4.27. The van der Waals surface area contributed by atoms with Crippen LogP contribution in [0.1, 0.15) is 41.7 Å². The van der Waals surface area contributed by atoms with Gasteiger partial charge in [-0.15, -0.1) is 0 Å². The topological polar surface area (TPSA) is 58.1 Å². The maximum atomic E-state index is 12.6. The van der Waals surface area contributed by atoms with Gasteiger partial charge in [0.1, 0.15) is 11.5 Å². The van der Waals surface area contributed by atoms with Crippen molar-refractivity contribution >= 4 is 17.4 Å². The van der Waals surface area contributed by atoms with Crippen LogP contribution >= 0.6 is 0 Å². The molecule has 1 aromatic carbocycles. The molecule has 8 heteroatoms. The first kappa shape index (κ1) is 18.2. The molecule has 0 saturated carbocycles. The molecular weight excluding hydrogens is 345 g/mol. The Kier molecular flexibility index (Phi) is 5.39. The SMILES string of the molecule is O=C(Nc1ccc(C(F)(F)F)cc1)c1cnc(N2CCCCCC2)cn1. The van der Waals surface area contributed by atoms with Gasteiger partial charge in [0.05, 0.1) is 18.0 Å². The Hall–Kier alpha value is -2.64. The van der Waals surface area contributed by atoms with Crippen molar-refractivity contribution in [3.63, 3.8) is 0 Å². The van der Waals surface area contributed by atoms with Gasteiger partial charge in [-0.3, -0.25) is 4.79 Å². The van der Waals surface area contributed by atoms with Crippen molar-refractivity contribution in [2.75, 3.05) is 23.3 Å². The van der Waals surface area contributed by atoms with Crippen LogP contribution in [0.25, 0.3) is 0 Å². The molecule has 1 amide bonds. The van der Waals surface area contributed by atoms with Crippen LogP contribution in [0, 0.1) is 0 Å². The van der Waals surface area contributed by atoms with Crippen LogP contribution in [0.15, 0.2) is 36.7 Å². The van der Waals surface area contributed by atoms with Gasteiger partial charge in [0.15, 0.2) is 0 Å². The van der Waals surface area contributed by atoms with Gasteiger partial charge in [-0.05, 0) is 37.1 Å². The second-order valence-corrected chi connectivity index (χ2v) is 6.19. The van der Waals surface area contributed by atoms with Crippen LogP contribution in [-0.4, -0.2) is 29.0 Å². The van der Waals surface area contributed by atoms with Crippen LogP contribution in [0.3, 0.4) is 0 Å². The largest absolute Gasteiger partial charge is 0.416 e. The number of nitrogens with zero attached hydrogens (tertiary/aromatic N) is 3. The number of aromatic nitrogens is 2. The van der Waals surface area contributed by atoms with E-state index in [2.05, 4.69) is 20.2 Å². The summed E-state index contributed by atoms with van der Waals surface area (Å²) in [6.07, 6.45) is 3.18. The number of hydrogen-bond acceptors (Lipinski definition) is 4. The minimum absolute atomic E-state index is 0.114. The molecule has 26 heavy (non-hydrogen) atoms. The van der Waals surface area contributed by atoms with E-state index in [4.69, 9.17) is 0 Å². The molecule has 1 aliphatic heterocycles. The summed E-state index contributed by atoms with van der Waals surface area (Å²) in [5.74, 6) is 0.220. The van der Waals surface area contributed by atoms with Crippen molar-refractivity contribution in [1.82, 2.24) is 9.97 Å². The lowest BCUT2D eigenvalue weighted by atomic mass is 10.2. The minimum atomic E-state index is -4.41. The number of rotatable bonds is 3. The van der Waals surface area contributed by atoms with Gasteiger partial charge < -0.3 is 10.2 Å². The first-order chi connectivity index (χ1) is 12.4. The number of amides is 1. The van der Waals surface area contributed by atoms with Gasteiger partial charge in [0.25, 0.3) is 5.91 Å². The lowest BCUT2D eigenvalue weighted by molar-refractivity contribution is -0.137. The Morgan fingerprint density at radius 3 is 2.15 bits per heavy atom. The lowest BCUT2D eigenvalue weighted by Crippen LogP contribution is -2.25. The smallest absolute Gasteiger partial charge is 0.355 e. The molecule has 0 radical (unpaired) electrons. The molecular formula is C18H19F3N4O. The summed E-state index contributed by atoms with van der Waals surface area (Å²) in [5, 5.41) is 2.52. The van der Waals surface area contributed by atoms with E-state index in [1.54, 1.807) is 6.20 Å². The maximum absolute atomic E-state index is 12.6. The van der Waals surface area contributed by atoms with Crippen molar-refractivity contribution in [1.29, 1.82) is 0 Å². The predicted molar refractivity (Wildman–Crippen MR) is 92.1 cm³/mol. The number of halogens is 3. The van der Waals surface area contributed by atoms with Crippen LogP contribution in [0.4, 0.5) is 24.7 Å². The standard InChI is InChI=1S/C18H19F3N4O/c19-18(20,21)13-5-7-14(8-6-13)24-17(26)15-11-23-16(12-22-15)25-9-3-1-2-4-10-25/h5-8,11-12H,1-4,9-10H2,(H,24,26). The number of nitrogens with one attached hydrogen (secondary N) is 1. The molecule has 1 saturated heterocycles. The quantitative estimate of drug-likeness (QED) is 0.890. The van der Waals surface area contributed by atoms with Gasteiger partial charge in [-0.2, -0.15) is 13.2 Å².